The van der Waals surface area contributed by atoms with E-state index in [1.54, 1.807) is 0 Å². The zero-order valence-electron chi connectivity index (χ0n) is 11.3. The van der Waals surface area contributed by atoms with Gasteiger partial charge in [-0.2, -0.15) is 0 Å². The van der Waals surface area contributed by atoms with E-state index in [2.05, 4.69) is 0 Å². The molecule has 0 rings (SSSR count). The summed E-state index contributed by atoms with van der Waals surface area (Å²) >= 11 is 0. The van der Waals surface area contributed by atoms with E-state index < -0.39 is 5.60 Å². The minimum atomic E-state index is -0.428. The van der Waals surface area contributed by atoms with Gasteiger partial charge in [0, 0.05) is 5.57 Å². The number of carbonyl (C=O) groups excluding carboxylic acids is 1. The van der Waals surface area contributed by atoms with Gasteiger partial charge in [-0.1, -0.05) is 26.3 Å². The molecule has 2 heteroatoms. The van der Waals surface area contributed by atoms with Crippen molar-refractivity contribution in [2.24, 2.45) is 5.41 Å². The first-order chi connectivity index (χ1) is 6.45. The van der Waals surface area contributed by atoms with E-state index in [0.717, 1.165) is 11.1 Å². The highest BCUT2D eigenvalue weighted by Crippen LogP contribution is 2.30. The molecular weight excluding hydrogens is 188 g/mol. The monoisotopic (exact) mass is 212 g/mol. The van der Waals surface area contributed by atoms with Crippen molar-refractivity contribution in [2.45, 2.75) is 61.0 Å². The Hall–Kier alpha value is -0.790. The van der Waals surface area contributed by atoms with Crippen LogP contribution in [0.5, 0.6) is 0 Å². The van der Waals surface area contributed by atoms with Crippen LogP contribution < -0.4 is 0 Å². The molecule has 0 heterocycles. The van der Waals surface area contributed by atoms with Crippen LogP contribution in [0.15, 0.2) is 11.1 Å². The number of ether oxygens (including phenoxy) is 1. The van der Waals surface area contributed by atoms with Crippen molar-refractivity contribution in [3.05, 3.63) is 11.1 Å². The third-order valence-corrected chi connectivity index (χ3v) is 1.85. The molecular formula is C13H24O2. The average Bonchev–Trinajstić information content (AvgIpc) is 1.74. The molecule has 0 saturated heterocycles. The van der Waals surface area contributed by atoms with E-state index >= 15 is 0 Å². The normalized spacial score (nSPS) is 12.3. The molecule has 0 atom stereocenters. The second-order valence-electron chi connectivity index (χ2n) is 6.13. The summed E-state index contributed by atoms with van der Waals surface area (Å²) in [7, 11) is 0. The van der Waals surface area contributed by atoms with Gasteiger partial charge in [-0.3, -0.25) is 0 Å². The van der Waals surface area contributed by atoms with Crippen molar-refractivity contribution < 1.29 is 9.53 Å². The van der Waals surface area contributed by atoms with Crippen LogP contribution in [-0.2, 0) is 9.53 Å². The fourth-order valence-corrected chi connectivity index (χ4v) is 1.59. The molecule has 0 aromatic carbocycles. The van der Waals surface area contributed by atoms with Gasteiger partial charge in [0.25, 0.3) is 0 Å². The summed E-state index contributed by atoms with van der Waals surface area (Å²) in [5.74, 6) is -0.199. The second-order valence-corrected chi connectivity index (χ2v) is 6.13. The van der Waals surface area contributed by atoms with Gasteiger partial charge in [0.1, 0.15) is 5.60 Å². The minimum Gasteiger partial charge on any atom is -0.457 e. The predicted molar refractivity (Wildman–Crippen MR) is 63.7 cm³/mol. The molecule has 0 radical (unpaired) electrons. The topological polar surface area (TPSA) is 26.3 Å². The lowest BCUT2D eigenvalue weighted by Gasteiger charge is -2.27. The van der Waals surface area contributed by atoms with Gasteiger partial charge in [0.15, 0.2) is 0 Å². The SMILES string of the molecule is CC(C)=C(C(=O)OC(C)(C)C)C(C)(C)C. The third-order valence-electron chi connectivity index (χ3n) is 1.85. The van der Waals surface area contributed by atoms with E-state index in [0.29, 0.717) is 0 Å². The second kappa shape index (κ2) is 4.38. The van der Waals surface area contributed by atoms with Gasteiger partial charge < -0.3 is 4.74 Å². The van der Waals surface area contributed by atoms with Crippen LogP contribution in [0.1, 0.15) is 55.4 Å². The van der Waals surface area contributed by atoms with Crippen LogP contribution in [0.2, 0.25) is 0 Å². The van der Waals surface area contributed by atoms with E-state index in [4.69, 9.17) is 4.74 Å². The van der Waals surface area contributed by atoms with Crippen LogP contribution in [0, 0.1) is 5.41 Å². The number of hydrogen-bond acceptors (Lipinski definition) is 2. The lowest BCUT2D eigenvalue weighted by molar-refractivity contribution is -0.151. The summed E-state index contributed by atoms with van der Waals surface area (Å²) in [4.78, 5) is 12.0. The van der Waals surface area contributed by atoms with E-state index in [-0.39, 0.29) is 11.4 Å². The molecule has 0 aromatic rings. The van der Waals surface area contributed by atoms with Crippen LogP contribution >= 0.6 is 0 Å². The molecule has 0 amide bonds. The molecule has 0 aliphatic heterocycles. The lowest BCUT2D eigenvalue weighted by atomic mass is 9.84. The number of carbonyl (C=O) groups is 1. The Bertz CT molecular complexity index is 268. The van der Waals surface area contributed by atoms with E-state index in [9.17, 15) is 4.79 Å². The van der Waals surface area contributed by atoms with Gasteiger partial charge >= 0.3 is 5.97 Å². The van der Waals surface area contributed by atoms with Crippen molar-refractivity contribution >= 4 is 5.97 Å². The van der Waals surface area contributed by atoms with Crippen molar-refractivity contribution in [3.8, 4) is 0 Å². The summed E-state index contributed by atoms with van der Waals surface area (Å²) < 4.78 is 5.39. The Labute approximate surface area is 93.7 Å². The largest absolute Gasteiger partial charge is 0.457 e. The van der Waals surface area contributed by atoms with E-state index in [1.807, 2.05) is 55.4 Å². The molecule has 0 bridgehead atoms. The summed E-state index contributed by atoms with van der Waals surface area (Å²) in [6.07, 6.45) is 0. The van der Waals surface area contributed by atoms with Crippen molar-refractivity contribution in [2.75, 3.05) is 0 Å². The zero-order valence-corrected chi connectivity index (χ0v) is 11.3. The maximum atomic E-state index is 12.0. The molecule has 0 unspecified atom stereocenters. The highest BCUT2D eigenvalue weighted by atomic mass is 16.6. The first-order valence-electron chi connectivity index (χ1n) is 5.36. The van der Waals surface area contributed by atoms with Crippen LogP contribution in [-0.4, -0.2) is 11.6 Å². The summed E-state index contributed by atoms with van der Waals surface area (Å²) in [6.45, 7) is 15.6. The highest BCUT2D eigenvalue weighted by Gasteiger charge is 2.29. The smallest absolute Gasteiger partial charge is 0.334 e. The number of esters is 1. The summed E-state index contributed by atoms with van der Waals surface area (Å²) in [5.41, 5.74) is 1.21. The van der Waals surface area contributed by atoms with Gasteiger partial charge in [-0.15, -0.1) is 0 Å². The fraction of sp³-hybridized carbons (Fsp3) is 0.769. The molecule has 0 aliphatic rings. The molecule has 0 aliphatic carbocycles. The maximum Gasteiger partial charge on any atom is 0.334 e. The van der Waals surface area contributed by atoms with Gasteiger partial charge in [-0.05, 0) is 40.0 Å². The first kappa shape index (κ1) is 14.2. The van der Waals surface area contributed by atoms with Crippen LogP contribution in [0.25, 0.3) is 0 Å². The van der Waals surface area contributed by atoms with Crippen molar-refractivity contribution in [1.29, 1.82) is 0 Å². The van der Waals surface area contributed by atoms with Gasteiger partial charge in [-0.25, -0.2) is 4.79 Å². The molecule has 88 valence electrons. The molecule has 0 aromatic heterocycles. The average molecular weight is 212 g/mol. The van der Waals surface area contributed by atoms with Crippen molar-refractivity contribution in [1.82, 2.24) is 0 Å². The minimum absolute atomic E-state index is 0.166. The van der Waals surface area contributed by atoms with Gasteiger partial charge in [0.2, 0.25) is 0 Å². The standard InChI is InChI=1S/C13H24O2/c1-9(2)10(12(3,4)5)11(14)15-13(6,7)8/h1-8H3. The summed E-state index contributed by atoms with van der Waals surface area (Å²) in [6, 6.07) is 0. The highest BCUT2D eigenvalue weighted by molar-refractivity contribution is 5.90. The molecule has 15 heavy (non-hydrogen) atoms. The molecule has 0 N–H and O–H groups in total. The van der Waals surface area contributed by atoms with Gasteiger partial charge in [0.05, 0.1) is 0 Å². The molecule has 2 nitrogen and oxygen atoms in total. The lowest BCUT2D eigenvalue weighted by Crippen LogP contribution is -2.29. The number of hydrogen-bond donors (Lipinski definition) is 0. The molecule has 0 saturated carbocycles. The third kappa shape index (κ3) is 5.01. The Kier molecular flexibility index (Phi) is 4.15. The number of allylic oxidation sites excluding steroid dienone is 1. The Morgan fingerprint density at radius 3 is 1.53 bits per heavy atom. The fourth-order valence-electron chi connectivity index (χ4n) is 1.59. The maximum absolute atomic E-state index is 12.0. The Balaban J connectivity index is 5.02. The molecule has 0 fully saturated rings. The summed E-state index contributed by atoms with van der Waals surface area (Å²) in [5, 5.41) is 0. The predicted octanol–water partition coefficient (Wildman–Crippen LogP) is 3.71. The zero-order chi connectivity index (χ0) is 12.4. The van der Waals surface area contributed by atoms with Crippen LogP contribution in [0.3, 0.4) is 0 Å². The Morgan fingerprint density at radius 1 is 0.933 bits per heavy atom. The number of rotatable bonds is 1. The molecule has 0 spiro atoms. The first-order valence-corrected chi connectivity index (χ1v) is 5.36. The quantitative estimate of drug-likeness (QED) is 0.489. The Morgan fingerprint density at radius 2 is 1.33 bits per heavy atom. The van der Waals surface area contributed by atoms with E-state index in [1.165, 1.54) is 0 Å². The van der Waals surface area contributed by atoms with Crippen LogP contribution in [0.4, 0.5) is 0 Å². The van der Waals surface area contributed by atoms with Crippen molar-refractivity contribution in [3.63, 3.8) is 0 Å².